The van der Waals surface area contributed by atoms with Gasteiger partial charge < -0.3 is 10.1 Å². The van der Waals surface area contributed by atoms with Crippen LogP contribution >= 0.6 is 0 Å². The molecule has 1 aliphatic heterocycles. The number of fused-ring (bicyclic) bond motifs is 1. The molecule has 1 heterocycles. The molecule has 3 rings (SSSR count). The Balaban J connectivity index is 1.70. The van der Waals surface area contributed by atoms with E-state index in [4.69, 9.17) is 4.74 Å². The molecule has 0 aliphatic carbocycles. The summed E-state index contributed by atoms with van der Waals surface area (Å²) >= 11 is 0. The van der Waals surface area contributed by atoms with Crippen LogP contribution in [0.25, 0.3) is 0 Å². The predicted octanol–water partition coefficient (Wildman–Crippen LogP) is 2.93. The number of nitro groups is 1. The van der Waals surface area contributed by atoms with Crippen LogP contribution in [0.2, 0.25) is 0 Å². The highest BCUT2D eigenvalue weighted by molar-refractivity contribution is 6.22. The summed E-state index contributed by atoms with van der Waals surface area (Å²) in [4.78, 5) is 61.2. The van der Waals surface area contributed by atoms with E-state index in [2.05, 4.69) is 5.32 Å². The normalized spacial score (nSPS) is 13.6. The third kappa shape index (κ3) is 5.03. The number of nitrogens with one attached hydrogen (secondary N) is 1. The van der Waals surface area contributed by atoms with Gasteiger partial charge in [0, 0.05) is 11.8 Å². The number of rotatable bonds is 8. The number of amides is 3. The van der Waals surface area contributed by atoms with Gasteiger partial charge in [0.2, 0.25) is 5.82 Å². The number of hydrogen-bond donors (Lipinski definition) is 1. The van der Waals surface area contributed by atoms with E-state index in [0.29, 0.717) is 0 Å². The Bertz CT molecular complexity index is 1110. The van der Waals surface area contributed by atoms with Crippen LogP contribution in [0.3, 0.4) is 0 Å². The first-order valence-electron chi connectivity index (χ1n) is 9.97. The van der Waals surface area contributed by atoms with Gasteiger partial charge in [-0.3, -0.25) is 29.4 Å². The highest BCUT2D eigenvalue weighted by Gasteiger charge is 2.43. The van der Waals surface area contributed by atoms with Crippen molar-refractivity contribution >= 4 is 35.1 Å². The second-order valence-electron chi connectivity index (χ2n) is 7.75. The van der Waals surface area contributed by atoms with Gasteiger partial charge in [-0.05, 0) is 36.6 Å². The van der Waals surface area contributed by atoms with Crippen molar-refractivity contribution in [3.05, 3.63) is 69.5 Å². The van der Waals surface area contributed by atoms with Gasteiger partial charge in [-0.15, -0.1) is 0 Å². The quantitative estimate of drug-likeness (QED) is 0.279. The lowest BCUT2D eigenvalue weighted by atomic mass is 10.0. The summed E-state index contributed by atoms with van der Waals surface area (Å²) in [5.74, 6) is -4.18. The summed E-state index contributed by atoms with van der Waals surface area (Å²) in [5, 5.41) is 13.1. The molecule has 0 bridgehead atoms. The number of ether oxygens (including phenoxy) is 1. The van der Waals surface area contributed by atoms with Crippen molar-refractivity contribution < 1.29 is 33.2 Å². The lowest BCUT2D eigenvalue weighted by Gasteiger charge is -2.25. The van der Waals surface area contributed by atoms with Gasteiger partial charge in [-0.25, -0.2) is 4.79 Å². The second-order valence-corrected chi connectivity index (χ2v) is 7.75. The fraction of sp³-hybridized carbons (Fsp3) is 0.273. The molecule has 0 fully saturated rings. The largest absolute Gasteiger partial charge is 0.454 e. The third-order valence-electron chi connectivity index (χ3n) is 4.88. The van der Waals surface area contributed by atoms with Crippen LogP contribution in [0.1, 0.15) is 41.0 Å². The zero-order valence-corrected chi connectivity index (χ0v) is 17.7. The van der Waals surface area contributed by atoms with Gasteiger partial charge in [0.05, 0.1) is 16.1 Å². The number of carbonyl (C=O) groups is 4. The van der Waals surface area contributed by atoms with Crippen molar-refractivity contribution in [2.24, 2.45) is 5.92 Å². The Morgan fingerprint density at radius 1 is 1.12 bits per heavy atom. The van der Waals surface area contributed by atoms with E-state index in [-0.39, 0.29) is 29.2 Å². The second kappa shape index (κ2) is 9.55. The molecule has 0 unspecified atom stereocenters. The predicted molar refractivity (Wildman–Crippen MR) is 113 cm³/mol. The maximum Gasteiger partial charge on any atom is 0.329 e. The van der Waals surface area contributed by atoms with Crippen LogP contribution in [0, 0.1) is 21.8 Å². The lowest BCUT2D eigenvalue weighted by molar-refractivity contribution is -0.387. The number of carbonyl (C=O) groups excluding carboxylic acids is 4. The van der Waals surface area contributed by atoms with E-state index in [1.165, 1.54) is 12.1 Å². The number of hydrogen-bond acceptors (Lipinski definition) is 7. The minimum Gasteiger partial charge on any atom is -0.454 e. The smallest absolute Gasteiger partial charge is 0.329 e. The van der Waals surface area contributed by atoms with Crippen molar-refractivity contribution in [2.75, 3.05) is 11.9 Å². The number of nitro benzene ring substituents is 1. The number of nitrogens with zero attached hydrogens (tertiary/aromatic N) is 2. The standard InChI is InChI=1S/C22H20FN3O7/c1-12(2)9-18(25-20(28)14-5-3-4-6-15(14)21(25)29)22(30)33-11-19(27)24-13-7-8-16(23)17(10-13)26(31)32/h3-8,10,12,18H,9,11H2,1-2H3,(H,24,27)/t18-/m0/s1. The monoisotopic (exact) mass is 457 g/mol. The first-order valence-corrected chi connectivity index (χ1v) is 9.97. The van der Waals surface area contributed by atoms with Gasteiger partial charge in [-0.2, -0.15) is 4.39 Å². The van der Waals surface area contributed by atoms with Crippen LogP contribution < -0.4 is 5.32 Å². The summed E-state index contributed by atoms with van der Waals surface area (Å²) in [6, 6.07) is 7.71. The van der Waals surface area contributed by atoms with Crippen LogP contribution in [0.15, 0.2) is 42.5 Å². The van der Waals surface area contributed by atoms with Gasteiger partial charge >= 0.3 is 11.7 Å². The van der Waals surface area contributed by atoms with Crippen LogP contribution in [0.4, 0.5) is 15.8 Å². The van der Waals surface area contributed by atoms with Crippen molar-refractivity contribution in [3.8, 4) is 0 Å². The number of benzene rings is 2. The Morgan fingerprint density at radius 2 is 1.73 bits per heavy atom. The summed E-state index contributed by atoms with van der Waals surface area (Å²) in [6.07, 6.45) is 0.121. The molecule has 0 saturated heterocycles. The topological polar surface area (TPSA) is 136 Å². The van der Waals surface area contributed by atoms with Crippen LogP contribution in [-0.2, 0) is 14.3 Å². The molecule has 1 aliphatic rings. The molecule has 11 heteroatoms. The van der Waals surface area contributed by atoms with Crippen molar-refractivity contribution in [3.63, 3.8) is 0 Å². The SMILES string of the molecule is CC(C)C[C@@H](C(=O)OCC(=O)Nc1ccc(F)c([N+](=O)[O-])c1)N1C(=O)c2ccccc2C1=O. The number of halogens is 1. The minimum atomic E-state index is -1.24. The zero-order valence-electron chi connectivity index (χ0n) is 17.7. The van der Waals surface area contributed by atoms with Gasteiger partial charge in [0.1, 0.15) is 6.04 Å². The molecule has 0 radical (unpaired) electrons. The van der Waals surface area contributed by atoms with E-state index in [1.54, 1.807) is 26.0 Å². The van der Waals surface area contributed by atoms with Crippen molar-refractivity contribution in [1.82, 2.24) is 4.90 Å². The van der Waals surface area contributed by atoms with E-state index in [0.717, 1.165) is 23.1 Å². The summed E-state index contributed by atoms with van der Waals surface area (Å²) in [5.41, 5.74) is -0.532. The van der Waals surface area contributed by atoms with E-state index in [1.807, 2.05) is 0 Å². The minimum absolute atomic E-state index is 0.0665. The molecule has 0 saturated carbocycles. The maximum absolute atomic E-state index is 13.4. The van der Waals surface area contributed by atoms with Crippen LogP contribution in [-0.4, -0.2) is 46.2 Å². The van der Waals surface area contributed by atoms with Crippen LogP contribution in [0.5, 0.6) is 0 Å². The molecule has 10 nitrogen and oxygen atoms in total. The number of esters is 1. The molecule has 2 aromatic rings. The lowest BCUT2D eigenvalue weighted by Crippen LogP contribution is -2.46. The molecular weight excluding hydrogens is 437 g/mol. The highest BCUT2D eigenvalue weighted by atomic mass is 19.1. The molecule has 172 valence electrons. The average Bonchev–Trinajstić information content (AvgIpc) is 3.02. The summed E-state index contributed by atoms with van der Waals surface area (Å²) in [7, 11) is 0. The van der Waals surface area contributed by atoms with Crippen molar-refractivity contribution in [1.29, 1.82) is 0 Å². The number of anilines is 1. The molecule has 0 aromatic heterocycles. The van der Waals surface area contributed by atoms with Gasteiger partial charge in [-0.1, -0.05) is 26.0 Å². The Hall–Kier alpha value is -4.15. The summed E-state index contributed by atoms with van der Waals surface area (Å²) in [6.45, 7) is 2.82. The molecule has 0 spiro atoms. The van der Waals surface area contributed by atoms with Crippen molar-refractivity contribution in [2.45, 2.75) is 26.3 Å². The molecule has 1 atom stereocenters. The van der Waals surface area contributed by atoms with Gasteiger partial charge in [0.25, 0.3) is 17.7 Å². The molecule has 1 N–H and O–H groups in total. The average molecular weight is 457 g/mol. The first-order chi connectivity index (χ1) is 15.6. The molecule has 33 heavy (non-hydrogen) atoms. The Morgan fingerprint density at radius 3 is 2.27 bits per heavy atom. The molecular formula is C22H20FN3O7. The number of imide groups is 1. The van der Waals surface area contributed by atoms with E-state index < -0.39 is 52.8 Å². The van der Waals surface area contributed by atoms with E-state index >= 15 is 0 Å². The summed E-state index contributed by atoms with van der Waals surface area (Å²) < 4.78 is 18.5. The maximum atomic E-state index is 13.4. The highest BCUT2D eigenvalue weighted by Crippen LogP contribution is 2.27. The zero-order chi connectivity index (χ0) is 24.3. The third-order valence-corrected chi connectivity index (χ3v) is 4.88. The fourth-order valence-corrected chi connectivity index (χ4v) is 3.40. The fourth-order valence-electron chi connectivity index (χ4n) is 3.40. The Kier molecular flexibility index (Phi) is 6.80. The molecule has 2 aromatic carbocycles. The Labute approximate surface area is 187 Å². The molecule has 3 amide bonds. The van der Waals surface area contributed by atoms with Gasteiger partial charge in [0.15, 0.2) is 6.61 Å². The first kappa shape index (κ1) is 23.5. The van der Waals surface area contributed by atoms with E-state index in [9.17, 15) is 33.7 Å².